The predicted octanol–water partition coefficient (Wildman–Crippen LogP) is 17.6. The van der Waals surface area contributed by atoms with Crippen LogP contribution in [0.4, 0.5) is 17.1 Å². The molecular formula is C67H46N2. The second kappa shape index (κ2) is 16.7. The van der Waals surface area contributed by atoms with Crippen LogP contribution in [0.5, 0.6) is 0 Å². The predicted molar refractivity (Wildman–Crippen MR) is 289 cm³/mol. The van der Waals surface area contributed by atoms with Crippen LogP contribution in [0.2, 0.25) is 0 Å². The summed E-state index contributed by atoms with van der Waals surface area (Å²) >= 11 is 0. The van der Waals surface area contributed by atoms with Crippen molar-refractivity contribution in [2.24, 2.45) is 0 Å². The van der Waals surface area contributed by atoms with Crippen molar-refractivity contribution in [1.82, 2.24) is 4.57 Å². The maximum atomic E-state index is 2.44. The summed E-state index contributed by atoms with van der Waals surface area (Å²) in [6.07, 6.45) is 0. The summed E-state index contributed by atoms with van der Waals surface area (Å²) in [5.74, 6) is 0. The van der Waals surface area contributed by atoms with Crippen molar-refractivity contribution < 1.29 is 0 Å². The maximum absolute atomic E-state index is 2.44. The van der Waals surface area contributed by atoms with E-state index in [0.29, 0.717) is 0 Å². The first-order valence-electron chi connectivity index (χ1n) is 23.8. The van der Waals surface area contributed by atoms with E-state index in [1.165, 1.54) is 88.6 Å². The topological polar surface area (TPSA) is 8.17 Å². The van der Waals surface area contributed by atoms with Gasteiger partial charge in [-0.2, -0.15) is 0 Å². The quantitative estimate of drug-likeness (QED) is 0.140. The fourth-order valence-electron chi connectivity index (χ4n) is 11.1. The van der Waals surface area contributed by atoms with Gasteiger partial charge >= 0.3 is 0 Å². The molecular weight excluding hydrogens is 833 g/mol. The van der Waals surface area contributed by atoms with Crippen molar-refractivity contribution in [3.63, 3.8) is 0 Å². The van der Waals surface area contributed by atoms with Gasteiger partial charge in [-0.15, -0.1) is 0 Å². The van der Waals surface area contributed by atoms with E-state index in [-0.39, 0.29) is 0 Å². The molecule has 13 rings (SSSR count). The molecule has 0 radical (unpaired) electrons. The normalized spacial score (nSPS) is 12.5. The third-order valence-electron chi connectivity index (χ3n) is 14.3. The van der Waals surface area contributed by atoms with Gasteiger partial charge in [-0.05, 0) is 133 Å². The van der Waals surface area contributed by atoms with Crippen LogP contribution in [0, 0.1) is 0 Å². The molecule has 0 saturated carbocycles. The molecule has 2 heteroatoms. The summed E-state index contributed by atoms with van der Waals surface area (Å²) in [5.41, 5.74) is 21.2. The van der Waals surface area contributed by atoms with Crippen LogP contribution in [0.15, 0.2) is 279 Å². The molecule has 0 atom stereocenters. The lowest BCUT2D eigenvalue weighted by Gasteiger charge is -2.35. The molecule has 1 heterocycles. The van der Waals surface area contributed by atoms with E-state index >= 15 is 0 Å². The van der Waals surface area contributed by atoms with E-state index in [0.717, 1.165) is 22.7 Å². The van der Waals surface area contributed by atoms with Gasteiger partial charge in [-0.25, -0.2) is 0 Å². The lowest BCUT2D eigenvalue weighted by atomic mass is 9.67. The largest absolute Gasteiger partial charge is 0.310 e. The van der Waals surface area contributed by atoms with Gasteiger partial charge in [0.25, 0.3) is 0 Å². The highest BCUT2D eigenvalue weighted by Crippen LogP contribution is 2.57. The summed E-state index contributed by atoms with van der Waals surface area (Å²) in [6, 6.07) is 102. The number of benzene rings is 11. The Morgan fingerprint density at radius 1 is 0.275 bits per heavy atom. The molecule has 12 aromatic rings. The van der Waals surface area contributed by atoms with Crippen LogP contribution in [-0.4, -0.2) is 4.57 Å². The average molecular weight is 879 g/mol. The molecule has 0 spiro atoms. The van der Waals surface area contributed by atoms with Crippen LogP contribution in [0.25, 0.3) is 72.0 Å². The third-order valence-corrected chi connectivity index (χ3v) is 14.3. The van der Waals surface area contributed by atoms with Gasteiger partial charge in [0, 0.05) is 33.5 Å². The highest BCUT2D eigenvalue weighted by atomic mass is 15.1. The van der Waals surface area contributed by atoms with Crippen LogP contribution < -0.4 is 4.90 Å². The Labute approximate surface area is 403 Å². The Bertz CT molecular complexity index is 3740. The number of aromatic nitrogens is 1. The molecule has 0 unspecified atom stereocenters. The number of hydrogen-bond donors (Lipinski definition) is 0. The molecule has 0 aliphatic heterocycles. The van der Waals surface area contributed by atoms with Crippen molar-refractivity contribution in [3.8, 4) is 50.2 Å². The fourth-order valence-corrected chi connectivity index (χ4v) is 11.1. The van der Waals surface area contributed by atoms with E-state index in [9.17, 15) is 0 Å². The molecule has 1 aromatic heterocycles. The van der Waals surface area contributed by atoms with Gasteiger partial charge in [0.1, 0.15) is 0 Å². The van der Waals surface area contributed by atoms with Crippen molar-refractivity contribution in [3.05, 3.63) is 301 Å². The Hall–Kier alpha value is -8.98. The molecule has 324 valence electrons. The van der Waals surface area contributed by atoms with Crippen molar-refractivity contribution in [2.75, 3.05) is 4.90 Å². The number of fused-ring (bicyclic) bond motifs is 6. The zero-order valence-corrected chi connectivity index (χ0v) is 38.0. The number of hydrogen-bond acceptors (Lipinski definition) is 1. The van der Waals surface area contributed by atoms with Crippen LogP contribution in [-0.2, 0) is 5.41 Å². The second-order valence-corrected chi connectivity index (χ2v) is 18.1. The SMILES string of the molecule is c1ccc(-c2ccc(-n3c4ccccc4c4cc(-c5ccc(-c6ccc(N(c7ccccc7)c7ccc8c(c7)C(c7ccccc7)(c7ccccc7)c7ccccc7-8)cc6)cc5)ccc43)cc2)cc1. The van der Waals surface area contributed by atoms with E-state index in [4.69, 9.17) is 0 Å². The van der Waals surface area contributed by atoms with E-state index in [1.54, 1.807) is 0 Å². The maximum Gasteiger partial charge on any atom is 0.0714 e. The zero-order valence-electron chi connectivity index (χ0n) is 38.0. The minimum atomic E-state index is -0.483. The van der Waals surface area contributed by atoms with E-state index in [2.05, 4.69) is 289 Å². The number of para-hydroxylation sites is 2. The minimum Gasteiger partial charge on any atom is -0.310 e. The molecule has 11 aromatic carbocycles. The lowest BCUT2D eigenvalue weighted by Crippen LogP contribution is -2.28. The van der Waals surface area contributed by atoms with Crippen molar-refractivity contribution >= 4 is 38.9 Å². The Kier molecular flexibility index (Phi) is 9.77. The highest BCUT2D eigenvalue weighted by Gasteiger charge is 2.46. The zero-order chi connectivity index (χ0) is 45.7. The molecule has 69 heavy (non-hydrogen) atoms. The molecule has 1 aliphatic carbocycles. The molecule has 0 N–H and O–H groups in total. The first kappa shape index (κ1) is 40.3. The first-order chi connectivity index (χ1) is 34.2. The molecule has 0 saturated heterocycles. The van der Waals surface area contributed by atoms with Gasteiger partial charge in [-0.1, -0.05) is 212 Å². The molecule has 0 bridgehead atoms. The highest BCUT2D eigenvalue weighted by molar-refractivity contribution is 6.10. The number of rotatable bonds is 9. The Balaban J connectivity index is 0.840. The summed E-state index contributed by atoms with van der Waals surface area (Å²) in [6.45, 7) is 0. The van der Waals surface area contributed by atoms with Crippen LogP contribution in [0.1, 0.15) is 22.3 Å². The van der Waals surface area contributed by atoms with Crippen LogP contribution >= 0.6 is 0 Å². The summed E-state index contributed by atoms with van der Waals surface area (Å²) in [4.78, 5) is 2.39. The Morgan fingerprint density at radius 2 is 0.725 bits per heavy atom. The average Bonchev–Trinajstić information content (AvgIpc) is 3.92. The minimum absolute atomic E-state index is 0.483. The van der Waals surface area contributed by atoms with Gasteiger partial charge < -0.3 is 9.47 Å². The third kappa shape index (κ3) is 6.72. The summed E-state index contributed by atoms with van der Waals surface area (Å²) in [7, 11) is 0. The lowest BCUT2D eigenvalue weighted by molar-refractivity contribution is 0.768. The second-order valence-electron chi connectivity index (χ2n) is 18.1. The van der Waals surface area contributed by atoms with Crippen LogP contribution in [0.3, 0.4) is 0 Å². The standard InChI is InChI=1S/C67H46N2/c1-5-17-47(18-6-1)49-35-40-57(41-36-49)69-65-28-16-14-26-61(65)62-45-52(37-44-66(62)69)51-31-29-48(30-32-51)50-33-38-56(39-34-50)68(55-23-11-4-12-24-55)58-42-43-60-59-25-13-15-27-63(59)67(64(60)46-58,53-19-7-2-8-20-53)54-21-9-3-10-22-54/h1-46H. The van der Waals surface area contributed by atoms with E-state index in [1.807, 2.05) is 0 Å². The Morgan fingerprint density at radius 3 is 1.39 bits per heavy atom. The molecule has 2 nitrogen and oxygen atoms in total. The van der Waals surface area contributed by atoms with Gasteiger partial charge in [-0.3, -0.25) is 0 Å². The number of nitrogens with zero attached hydrogens (tertiary/aromatic N) is 2. The summed E-state index contributed by atoms with van der Waals surface area (Å²) in [5, 5.41) is 2.50. The smallest absolute Gasteiger partial charge is 0.0714 e. The summed E-state index contributed by atoms with van der Waals surface area (Å²) < 4.78 is 2.39. The monoisotopic (exact) mass is 878 g/mol. The fraction of sp³-hybridized carbons (Fsp3) is 0.0149. The molecule has 0 fully saturated rings. The molecule has 1 aliphatic rings. The molecule has 0 amide bonds. The van der Waals surface area contributed by atoms with Gasteiger partial charge in [0.15, 0.2) is 0 Å². The first-order valence-corrected chi connectivity index (χ1v) is 23.8. The van der Waals surface area contributed by atoms with Crippen molar-refractivity contribution in [2.45, 2.75) is 5.41 Å². The van der Waals surface area contributed by atoms with Gasteiger partial charge in [0.05, 0.1) is 16.4 Å². The number of anilines is 3. The van der Waals surface area contributed by atoms with E-state index < -0.39 is 5.41 Å². The van der Waals surface area contributed by atoms with Gasteiger partial charge in [0.2, 0.25) is 0 Å². The van der Waals surface area contributed by atoms with Crippen molar-refractivity contribution in [1.29, 1.82) is 0 Å².